The van der Waals surface area contributed by atoms with Crippen LogP contribution in [0, 0.1) is 0 Å². The molecule has 0 N–H and O–H groups in total. The molecule has 158 valence electrons. The standard InChI is InChI=1S/C18H29P2.F6P/c1-2-9-18(10-3-1)17-20-14-6-4-11-19(13-8-16-20)12-5-7-15-20;1-7(2,3,4,5)6/h1-3,9-10H,4-8,11-17H2;/q+1;-1. The SMILES string of the molecule is F[P-](F)(F)(F)(F)F.c1ccc(C[P+]23CCCCP(CCCC2)CCC3)cc1. The Hall–Kier alpha value is 0.0900. The molecule has 2 aliphatic rings. The zero-order valence-electron chi connectivity index (χ0n) is 15.5. The first-order valence-corrected chi connectivity index (χ1v) is 15.9. The summed E-state index contributed by atoms with van der Waals surface area (Å²) in [6, 6.07) is 11.4. The molecule has 27 heavy (non-hydrogen) atoms. The molecular formula is C18H29F6P3. The van der Waals surface area contributed by atoms with Gasteiger partial charge in [-0.05, 0) is 56.2 Å². The van der Waals surface area contributed by atoms with Gasteiger partial charge in [0.2, 0.25) is 0 Å². The van der Waals surface area contributed by atoms with Crippen LogP contribution in [0.1, 0.15) is 37.7 Å². The molecule has 0 spiro atoms. The number of halogens is 6. The Morgan fingerprint density at radius 2 is 1.15 bits per heavy atom. The van der Waals surface area contributed by atoms with Gasteiger partial charge in [0.1, 0.15) is 0 Å². The van der Waals surface area contributed by atoms with Gasteiger partial charge < -0.3 is 0 Å². The van der Waals surface area contributed by atoms with Crippen LogP contribution in [0.25, 0.3) is 0 Å². The van der Waals surface area contributed by atoms with Crippen molar-refractivity contribution in [1.29, 1.82) is 0 Å². The molecule has 9 heteroatoms. The fourth-order valence-electron chi connectivity index (χ4n) is 4.07. The third kappa shape index (κ3) is 11.6. The van der Waals surface area contributed by atoms with Crippen LogP contribution < -0.4 is 0 Å². The van der Waals surface area contributed by atoms with E-state index < -0.39 is 15.1 Å². The molecule has 0 atom stereocenters. The Morgan fingerprint density at radius 1 is 0.704 bits per heavy atom. The Morgan fingerprint density at radius 3 is 1.67 bits per heavy atom. The van der Waals surface area contributed by atoms with Crippen molar-refractivity contribution in [2.24, 2.45) is 0 Å². The van der Waals surface area contributed by atoms with E-state index in [0.717, 1.165) is 0 Å². The van der Waals surface area contributed by atoms with Gasteiger partial charge in [0.15, 0.2) is 0 Å². The summed E-state index contributed by atoms with van der Waals surface area (Å²) in [5, 5.41) is 0. The summed E-state index contributed by atoms with van der Waals surface area (Å²) < 4.78 is 59.2. The minimum absolute atomic E-state index is 0.424. The number of fused-ring (bicyclic) bond motifs is 4. The van der Waals surface area contributed by atoms with Crippen molar-refractivity contribution in [3.63, 3.8) is 0 Å². The fourth-order valence-corrected chi connectivity index (χ4v) is 11.7. The minimum Gasteiger partial charge on any atom is -0.107 e. The van der Waals surface area contributed by atoms with Crippen LogP contribution in [0.4, 0.5) is 25.2 Å². The Bertz CT molecular complexity index is 564. The number of benzene rings is 1. The van der Waals surface area contributed by atoms with Gasteiger partial charge in [-0.25, -0.2) is 0 Å². The summed E-state index contributed by atoms with van der Waals surface area (Å²) in [5.41, 5.74) is 1.63. The van der Waals surface area contributed by atoms with Crippen LogP contribution in [0.3, 0.4) is 0 Å². The van der Waals surface area contributed by atoms with Crippen LogP contribution in [-0.2, 0) is 6.16 Å². The molecule has 1 aromatic carbocycles. The first-order chi connectivity index (χ1) is 12.3. The van der Waals surface area contributed by atoms with Crippen LogP contribution in [0.5, 0.6) is 0 Å². The molecule has 0 nitrogen and oxygen atoms in total. The van der Waals surface area contributed by atoms with Gasteiger partial charge >= 0.3 is 33.0 Å². The molecular weight excluding hydrogens is 423 g/mol. The van der Waals surface area contributed by atoms with Crippen molar-refractivity contribution < 1.29 is 25.2 Å². The summed E-state index contributed by atoms with van der Waals surface area (Å²) in [6.45, 7) is 0. The van der Waals surface area contributed by atoms with E-state index in [-0.39, 0.29) is 0 Å². The predicted octanol–water partition coefficient (Wildman–Crippen LogP) is 9.05. The van der Waals surface area contributed by atoms with Gasteiger partial charge in [-0.2, -0.15) is 0 Å². The topological polar surface area (TPSA) is 0 Å². The van der Waals surface area contributed by atoms with Gasteiger partial charge in [-0.1, -0.05) is 30.3 Å². The van der Waals surface area contributed by atoms with Crippen LogP contribution in [-0.4, -0.2) is 37.0 Å². The molecule has 2 heterocycles. The third-order valence-corrected chi connectivity index (χ3v) is 12.9. The summed E-state index contributed by atoms with van der Waals surface area (Å²) >= 11 is 0. The normalized spacial score (nSPS) is 29.5. The van der Waals surface area contributed by atoms with Gasteiger partial charge in [0.25, 0.3) is 0 Å². The summed E-state index contributed by atoms with van der Waals surface area (Å²) in [6.07, 6.45) is 18.8. The maximum absolute atomic E-state index is 10.7. The molecule has 0 aliphatic carbocycles. The summed E-state index contributed by atoms with van der Waals surface area (Å²) in [7, 11) is -10.9. The Labute approximate surface area is 159 Å². The van der Waals surface area contributed by atoms with E-state index in [9.17, 15) is 25.2 Å². The fraction of sp³-hybridized carbons (Fsp3) is 0.667. The maximum Gasteiger partial charge on any atom is 0.0842 e. The average molecular weight is 452 g/mol. The molecule has 0 amide bonds. The maximum atomic E-state index is 9.87. The average Bonchev–Trinajstić information content (AvgIpc) is 2.68. The zero-order chi connectivity index (χ0) is 20.1. The van der Waals surface area contributed by atoms with Gasteiger partial charge in [-0.15, -0.1) is 7.92 Å². The van der Waals surface area contributed by atoms with Gasteiger partial charge in [-0.3, -0.25) is 0 Å². The van der Waals surface area contributed by atoms with Crippen molar-refractivity contribution in [2.45, 2.75) is 38.3 Å². The second-order valence-electron chi connectivity index (χ2n) is 7.72. The molecule has 3 rings (SSSR count). The molecule has 2 bridgehead atoms. The molecule has 0 aromatic heterocycles. The molecule has 2 aliphatic heterocycles. The first kappa shape index (κ1) is 23.4. The monoisotopic (exact) mass is 452 g/mol. The predicted molar refractivity (Wildman–Crippen MR) is 110 cm³/mol. The van der Waals surface area contributed by atoms with E-state index in [0.29, 0.717) is 7.92 Å². The van der Waals surface area contributed by atoms with Crippen LogP contribution in [0.2, 0.25) is 0 Å². The smallest absolute Gasteiger partial charge is 0.0842 e. The molecule has 1 aromatic rings. The van der Waals surface area contributed by atoms with Crippen molar-refractivity contribution in [3.8, 4) is 0 Å². The molecule has 2 saturated heterocycles. The van der Waals surface area contributed by atoms with Gasteiger partial charge in [0, 0.05) is 7.26 Å². The molecule has 0 unspecified atom stereocenters. The molecule has 0 radical (unpaired) electrons. The first-order valence-electron chi connectivity index (χ1n) is 9.49. The van der Waals surface area contributed by atoms with Crippen molar-refractivity contribution in [3.05, 3.63) is 35.9 Å². The minimum atomic E-state index is -10.7. The second-order valence-corrected chi connectivity index (χ2v) is 16.7. The van der Waals surface area contributed by atoms with Crippen molar-refractivity contribution >= 4 is 23.0 Å². The van der Waals surface area contributed by atoms with Crippen molar-refractivity contribution in [1.82, 2.24) is 0 Å². The van der Waals surface area contributed by atoms with E-state index >= 15 is 0 Å². The molecule has 0 saturated carbocycles. The summed E-state index contributed by atoms with van der Waals surface area (Å²) in [4.78, 5) is 0. The Balaban J connectivity index is 0.000000321. The largest absolute Gasteiger partial charge is 0.107 e. The third-order valence-electron chi connectivity index (χ3n) is 5.18. The summed E-state index contributed by atoms with van der Waals surface area (Å²) in [5.74, 6) is 0. The van der Waals surface area contributed by atoms with Crippen LogP contribution >= 0.6 is 23.0 Å². The van der Waals surface area contributed by atoms with E-state index in [1.807, 2.05) is 0 Å². The van der Waals surface area contributed by atoms with Crippen molar-refractivity contribution in [2.75, 3.05) is 37.0 Å². The number of rotatable bonds is 2. The van der Waals surface area contributed by atoms with Gasteiger partial charge in [0.05, 0.1) is 24.6 Å². The van der Waals surface area contributed by atoms with E-state index in [1.54, 1.807) is 74.6 Å². The van der Waals surface area contributed by atoms with E-state index in [1.165, 1.54) is 6.16 Å². The van der Waals surface area contributed by atoms with E-state index in [2.05, 4.69) is 30.3 Å². The molecule has 2 fully saturated rings. The Kier molecular flexibility index (Phi) is 7.31. The van der Waals surface area contributed by atoms with Crippen LogP contribution in [0.15, 0.2) is 30.3 Å². The quantitative estimate of drug-likeness (QED) is 0.310. The number of hydrogen-bond donors (Lipinski definition) is 0. The number of hydrogen-bond acceptors (Lipinski definition) is 0. The zero-order valence-corrected chi connectivity index (χ0v) is 18.2. The second kappa shape index (κ2) is 8.45. The van der Waals surface area contributed by atoms with E-state index in [4.69, 9.17) is 0 Å².